The average molecular weight is 577 g/mol. The number of nitrogen functional groups attached to an aromatic ring is 2. The van der Waals surface area contributed by atoms with Crippen molar-refractivity contribution in [1.82, 2.24) is 9.97 Å². The molecule has 0 saturated heterocycles. The van der Waals surface area contributed by atoms with Gasteiger partial charge in [0.1, 0.15) is 17.3 Å². The first kappa shape index (κ1) is 33.0. The molecule has 0 aliphatic heterocycles. The van der Waals surface area contributed by atoms with E-state index in [1.165, 1.54) is 23.8 Å². The average Bonchev–Trinajstić information content (AvgIpc) is 2.97. The van der Waals surface area contributed by atoms with Gasteiger partial charge in [-0.05, 0) is 61.4 Å². The Hall–Kier alpha value is -5.24. The molecule has 2 heterocycles. The van der Waals surface area contributed by atoms with Crippen molar-refractivity contribution in [2.45, 2.75) is 20.0 Å². The molecule has 0 spiro atoms. The number of non-ortho nitro benzene ring substituents is 1. The summed E-state index contributed by atoms with van der Waals surface area (Å²) in [7, 11) is 0. The van der Waals surface area contributed by atoms with Crippen LogP contribution in [-0.4, -0.2) is 54.5 Å². The molecule has 13 heteroatoms. The van der Waals surface area contributed by atoms with Crippen LogP contribution in [0.2, 0.25) is 0 Å². The number of pyridine rings is 2. The number of aliphatic hydroxyl groups excluding tert-OH is 3. The Morgan fingerprint density at radius 3 is 1.69 bits per heavy atom. The molecule has 5 aromatic rings. The van der Waals surface area contributed by atoms with Gasteiger partial charge in [0.15, 0.2) is 0 Å². The number of rotatable bonds is 4. The normalized spacial score (nSPS) is 10.0. The summed E-state index contributed by atoms with van der Waals surface area (Å²) in [5.41, 5.74) is 15.4. The molecule has 0 radical (unpaired) electrons. The van der Waals surface area contributed by atoms with Gasteiger partial charge in [-0.15, -0.1) is 0 Å². The van der Waals surface area contributed by atoms with Gasteiger partial charge in [0.05, 0.1) is 34.3 Å². The first-order valence-corrected chi connectivity index (χ1v) is 12.5. The number of nitrogens with two attached hydrogens (primary N) is 2. The van der Waals surface area contributed by atoms with Crippen molar-refractivity contribution in [2.24, 2.45) is 0 Å². The lowest BCUT2D eigenvalue weighted by Crippen LogP contribution is -2.15. The number of aryl methyl sites for hydroxylation is 2. The fourth-order valence-corrected chi connectivity index (χ4v) is 3.55. The Kier molecular flexibility index (Phi) is 12.7. The zero-order valence-corrected chi connectivity index (χ0v) is 23.0. The predicted molar refractivity (Wildman–Crippen MR) is 162 cm³/mol. The van der Waals surface area contributed by atoms with Gasteiger partial charge in [-0.25, -0.2) is 4.98 Å². The summed E-state index contributed by atoms with van der Waals surface area (Å²) in [4.78, 5) is 28.2. The standard InChI is InChI=1S/C10H8N2O2.C10H10N2.C6H6N2O2.C3H8O3/c1-7-5-8-3-2-4-11-10(8)9(6-7)12(13)14;1-7-5-8-3-2-4-12-10(8)9(11)6-7;7-5-3-1-2-4-6(5)8(9)10;4-1-3(6)2-5/h2-6H,1H3;2-6H,11H2,1H3;1-4H,7H2;3-6H,1-2H2. The fourth-order valence-electron chi connectivity index (χ4n) is 3.55. The first-order chi connectivity index (χ1) is 20.0. The van der Waals surface area contributed by atoms with Gasteiger partial charge in [0.25, 0.3) is 11.4 Å². The highest BCUT2D eigenvalue weighted by molar-refractivity contribution is 5.89. The number of aromatic nitrogens is 2. The van der Waals surface area contributed by atoms with E-state index in [2.05, 4.69) is 16.0 Å². The second-order valence-corrected chi connectivity index (χ2v) is 8.88. The number of hydrogen-bond acceptors (Lipinski definition) is 11. The molecule has 220 valence electrons. The van der Waals surface area contributed by atoms with Gasteiger partial charge in [-0.1, -0.05) is 24.3 Å². The molecule has 0 amide bonds. The van der Waals surface area contributed by atoms with E-state index in [1.54, 1.807) is 30.6 Å². The molecule has 42 heavy (non-hydrogen) atoms. The minimum atomic E-state index is -0.954. The highest BCUT2D eigenvalue weighted by atomic mass is 16.6. The van der Waals surface area contributed by atoms with Gasteiger partial charge in [-0.3, -0.25) is 25.2 Å². The number of aliphatic hydroxyl groups is 3. The molecule has 3 aromatic carbocycles. The summed E-state index contributed by atoms with van der Waals surface area (Å²) in [6, 6.07) is 21.1. The first-order valence-electron chi connectivity index (χ1n) is 12.5. The molecule has 13 nitrogen and oxygen atoms in total. The van der Waals surface area contributed by atoms with Crippen LogP contribution in [0.3, 0.4) is 0 Å². The SMILES string of the molecule is Cc1cc(N)c2ncccc2c1.Cc1cc([N+](=O)[O-])c2ncccc2c1.Nc1ccccc1[N+](=O)[O-].OCC(O)CO. The lowest BCUT2D eigenvalue weighted by molar-refractivity contribution is -0.383. The maximum absolute atomic E-state index is 10.7. The van der Waals surface area contributed by atoms with Gasteiger partial charge in [-0.2, -0.15) is 0 Å². The molecule has 5 rings (SSSR count). The maximum atomic E-state index is 10.7. The highest BCUT2D eigenvalue weighted by Crippen LogP contribution is 2.25. The summed E-state index contributed by atoms with van der Waals surface area (Å²) in [6.07, 6.45) is 2.36. The molecule has 7 N–H and O–H groups in total. The van der Waals surface area contributed by atoms with Crippen molar-refractivity contribution in [3.8, 4) is 0 Å². The maximum Gasteiger partial charge on any atom is 0.295 e. The molecule has 0 unspecified atom stereocenters. The lowest BCUT2D eigenvalue weighted by Gasteiger charge is -2.01. The van der Waals surface area contributed by atoms with E-state index in [0.29, 0.717) is 5.52 Å². The Labute approximate surface area is 241 Å². The monoisotopic (exact) mass is 576 g/mol. The predicted octanol–water partition coefficient (Wildman–Crippen LogP) is 4.09. The van der Waals surface area contributed by atoms with E-state index in [9.17, 15) is 20.2 Å². The topological polar surface area (TPSA) is 225 Å². The van der Waals surface area contributed by atoms with Crippen LogP contribution in [0.15, 0.2) is 85.2 Å². The van der Waals surface area contributed by atoms with E-state index in [4.69, 9.17) is 26.8 Å². The zero-order chi connectivity index (χ0) is 31.2. The molecule has 0 atom stereocenters. The number of nitro benzene ring substituents is 2. The molecule has 0 bridgehead atoms. The van der Waals surface area contributed by atoms with Crippen molar-refractivity contribution >= 4 is 44.6 Å². The van der Waals surface area contributed by atoms with Crippen LogP contribution in [0.4, 0.5) is 22.7 Å². The number of hydrogen-bond donors (Lipinski definition) is 5. The quantitative estimate of drug-likeness (QED) is 0.116. The summed E-state index contributed by atoms with van der Waals surface area (Å²) >= 11 is 0. The van der Waals surface area contributed by atoms with Crippen LogP contribution in [0, 0.1) is 34.1 Å². The smallest absolute Gasteiger partial charge is 0.295 e. The fraction of sp³-hybridized carbons (Fsp3) is 0.172. The molecule has 0 saturated carbocycles. The molecule has 0 aliphatic carbocycles. The minimum Gasteiger partial charge on any atom is -0.397 e. The summed E-state index contributed by atoms with van der Waals surface area (Å²) in [5, 5.41) is 46.8. The number of anilines is 2. The van der Waals surface area contributed by atoms with Crippen molar-refractivity contribution in [3.05, 3.63) is 117 Å². The Bertz CT molecular complexity index is 1640. The third kappa shape index (κ3) is 9.75. The van der Waals surface area contributed by atoms with Crippen molar-refractivity contribution in [3.63, 3.8) is 0 Å². The molecular weight excluding hydrogens is 544 g/mol. The molecule has 2 aromatic heterocycles. The van der Waals surface area contributed by atoms with Crippen molar-refractivity contribution in [1.29, 1.82) is 0 Å². The zero-order valence-electron chi connectivity index (χ0n) is 23.0. The largest absolute Gasteiger partial charge is 0.397 e. The van der Waals surface area contributed by atoms with Crippen molar-refractivity contribution < 1.29 is 25.2 Å². The highest BCUT2D eigenvalue weighted by Gasteiger charge is 2.13. The van der Waals surface area contributed by atoms with E-state index < -0.39 is 16.0 Å². The molecular formula is C29H32N6O7. The van der Waals surface area contributed by atoms with Crippen LogP contribution in [0.25, 0.3) is 21.8 Å². The van der Waals surface area contributed by atoms with Gasteiger partial charge < -0.3 is 26.8 Å². The van der Waals surface area contributed by atoms with Gasteiger partial charge in [0.2, 0.25) is 0 Å². The Morgan fingerprint density at radius 1 is 0.714 bits per heavy atom. The second-order valence-electron chi connectivity index (χ2n) is 8.88. The third-order valence-electron chi connectivity index (χ3n) is 5.46. The second kappa shape index (κ2) is 16.1. The summed E-state index contributed by atoms with van der Waals surface area (Å²) < 4.78 is 0. The third-order valence-corrected chi connectivity index (χ3v) is 5.46. The van der Waals surface area contributed by atoms with E-state index >= 15 is 0 Å². The molecule has 0 aliphatic rings. The minimum absolute atomic E-state index is 0.0394. The lowest BCUT2D eigenvalue weighted by atomic mass is 10.1. The van der Waals surface area contributed by atoms with Crippen LogP contribution in [0.1, 0.15) is 11.1 Å². The number of nitrogens with zero attached hydrogens (tertiary/aromatic N) is 4. The van der Waals surface area contributed by atoms with Crippen LogP contribution >= 0.6 is 0 Å². The summed E-state index contributed by atoms with van der Waals surface area (Å²) in [6.45, 7) is 3.13. The number of para-hydroxylation sites is 2. The Morgan fingerprint density at radius 2 is 1.21 bits per heavy atom. The van der Waals surface area contributed by atoms with Crippen LogP contribution < -0.4 is 11.5 Å². The van der Waals surface area contributed by atoms with Gasteiger partial charge >= 0.3 is 0 Å². The van der Waals surface area contributed by atoms with E-state index in [-0.39, 0.29) is 30.3 Å². The number of nitro groups is 2. The van der Waals surface area contributed by atoms with E-state index in [1.807, 2.05) is 44.2 Å². The van der Waals surface area contributed by atoms with Crippen LogP contribution in [0.5, 0.6) is 0 Å². The number of fused-ring (bicyclic) bond motifs is 2. The molecule has 0 fully saturated rings. The van der Waals surface area contributed by atoms with E-state index in [0.717, 1.165) is 27.5 Å². The van der Waals surface area contributed by atoms with Crippen molar-refractivity contribution in [2.75, 3.05) is 24.7 Å². The van der Waals surface area contributed by atoms with Crippen LogP contribution in [-0.2, 0) is 0 Å². The summed E-state index contributed by atoms with van der Waals surface area (Å²) in [5.74, 6) is 0. The van der Waals surface area contributed by atoms with Gasteiger partial charge in [0, 0.05) is 35.3 Å². The Balaban J connectivity index is 0.000000204. The number of benzene rings is 3.